The molecule has 2 heterocycles. The Morgan fingerprint density at radius 1 is 1.05 bits per heavy atom. The van der Waals surface area contributed by atoms with Gasteiger partial charge in [-0.2, -0.15) is 0 Å². The van der Waals surface area contributed by atoms with E-state index in [1.807, 2.05) is 13.0 Å². The third-order valence-electron chi connectivity index (χ3n) is 5.84. The van der Waals surface area contributed by atoms with Crippen molar-refractivity contribution in [3.8, 4) is 39.8 Å². The first-order valence-electron chi connectivity index (χ1n) is 11.8. The number of nitrogens with zero attached hydrogens (tertiary/aromatic N) is 2. The number of hydrogen-bond donors (Lipinski definition) is 3. The molecule has 10 nitrogen and oxygen atoms in total. The van der Waals surface area contributed by atoms with Crippen LogP contribution in [-0.4, -0.2) is 40.4 Å². The predicted octanol–water partition coefficient (Wildman–Crippen LogP) is 4.09. The van der Waals surface area contributed by atoms with Crippen LogP contribution in [0, 0.1) is 0 Å². The fourth-order valence-electron chi connectivity index (χ4n) is 4.02. The second-order valence-corrected chi connectivity index (χ2v) is 8.23. The highest BCUT2D eigenvalue weighted by Gasteiger charge is 2.26. The molecule has 0 unspecified atom stereocenters. The van der Waals surface area contributed by atoms with Crippen molar-refractivity contribution in [3.05, 3.63) is 76.0 Å². The van der Waals surface area contributed by atoms with Crippen molar-refractivity contribution < 1.29 is 23.8 Å². The standard InChI is InChI=1S/C27H28N4O6/c1-4-5-13-18-21(17-12-9-14-19(35-2)24(17)36-3)23(32)22(26(34)29-18)27-31-30-20(37-27)15-28-25(33)16-10-7-6-8-11-16/h6-12,14H,4-5,13,15H2,1-3H3,(H,28,33)(H2,29,32,34). The summed E-state index contributed by atoms with van der Waals surface area (Å²) >= 11 is 0. The number of nitrogens with one attached hydrogen (secondary N) is 2. The number of benzene rings is 2. The molecular formula is C27H28N4O6. The molecule has 0 radical (unpaired) electrons. The molecule has 0 bridgehead atoms. The first-order valence-corrected chi connectivity index (χ1v) is 11.8. The summed E-state index contributed by atoms with van der Waals surface area (Å²) in [5, 5.41) is 22.0. The second-order valence-electron chi connectivity index (χ2n) is 8.23. The van der Waals surface area contributed by atoms with E-state index in [2.05, 4.69) is 20.5 Å². The van der Waals surface area contributed by atoms with Gasteiger partial charge in [0.25, 0.3) is 17.4 Å². The number of unbranched alkanes of at least 4 members (excludes halogenated alkanes) is 1. The summed E-state index contributed by atoms with van der Waals surface area (Å²) in [5.41, 5.74) is 1.21. The van der Waals surface area contributed by atoms with Gasteiger partial charge in [0.05, 0.1) is 20.8 Å². The molecule has 10 heteroatoms. The predicted molar refractivity (Wildman–Crippen MR) is 137 cm³/mol. The summed E-state index contributed by atoms with van der Waals surface area (Å²) in [4.78, 5) is 28.3. The van der Waals surface area contributed by atoms with Gasteiger partial charge in [-0.1, -0.05) is 43.7 Å². The Morgan fingerprint density at radius 2 is 1.84 bits per heavy atom. The van der Waals surface area contributed by atoms with E-state index in [1.165, 1.54) is 14.2 Å². The van der Waals surface area contributed by atoms with E-state index in [0.717, 1.165) is 12.8 Å². The van der Waals surface area contributed by atoms with Crippen molar-refractivity contribution in [2.24, 2.45) is 0 Å². The van der Waals surface area contributed by atoms with Gasteiger partial charge in [0.15, 0.2) is 11.5 Å². The summed E-state index contributed by atoms with van der Waals surface area (Å²) in [5.74, 6) is 0.161. The smallest absolute Gasteiger partial charge is 0.264 e. The largest absolute Gasteiger partial charge is 0.506 e. The van der Waals surface area contributed by atoms with Gasteiger partial charge in [-0.05, 0) is 31.0 Å². The van der Waals surface area contributed by atoms with Crippen molar-refractivity contribution in [2.75, 3.05) is 14.2 Å². The number of carbonyl (C=O) groups excluding carboxylic acids is 1. The van der Waals surface area contributed by atoms with Crippen LogP contribution in [0.5, 0.6) is 17.2 Å². The highest BCUT2D eigenvalue weighted by atomic mass is 16.5. The van der Waals surface area contributed by atoms with E-state index >= 15 is 0 Å². The van der Waals surface area contributed by atoms with Crippen LogP contribution in [0.2, 0.25) is 0 Å². The number of methoxy groups -OCH3 is 2. The number of hydrogen-bond acceptors (Lipinski definition) is 8. The lowest BCUT2D eigenvalue weighted by Gasteiger charge is -2.17. The molecule has 0 aliphatic rings. The maximum atomic E-state index is 13.1. The summed E-state index contributed by atoms with van der Waals surface area (Å²) in [7, 11) is 3.03. The molecule has 0 atom stereocenters. The molecule has 0 aliphatic carbocycles. The highest BCUT2D eigenvalue weighted by Crippen LogP contribution is 2.45. The van der Waals surface area contributed by atoms with Crippen molar-refractivity contribution in [2.45, 2.75) is 32.7 Å². The first-order chi connectivity index (χ1) is 18.0. The quantitative estimate of drug-likeness (QED) is 0.293. The maximum Gasteiger partial charge on any atom is 0.264 e. The van der Waals surface area contributed by atoms with Crippen LogP contribution < -0.4 is 20.3 Å². The Hall–Kier alpha value is -4.60. The van der Waals surface area contributed by atoms with E-state index < -0.39 is 5.56 Å². The number of amides is 1. The molecule has 0 saturated heterocycles. The number of aromatic amines is 1. The second kappa shape index (κ2) is 11.4. The molecule has 0 fully saturated rings. The monoisotopic (exact) mass is 504 g/mol. The number of para-hydroxylation sites is 1. The van der Waals surface area contributed by atoms with Gasteiger partial charge >= 0.3 is 0 Å². The molecule has 4 rings (SSSR count). The van der Waals surface area contributed by atoms with Crippen LogP contribution in [0.3, 0.4) is 0 Å². The van der Waals surface area contributed by atoms with Gasteiger partial charge in [-0.3, -0.25) is 9.59 Å². The van der Waals surface area contributed by atoms with Crippen molar-refractivity contribution in [1.29, 1.82) is 0 Å². The van der Waals surface area contributed by atoms with Gasteiger partial charge in [0, 0.05) is 22.4 Å². The van der Waals surface area contributed by atoms with Crippen molar-refractivity contribution in [1.82, 2.24) is 20.5 Å². The van der Waals surface area contributed by atoms with Crippen LogP contribution in [0.4, 0.5) is 0 Å². The Bertz CT molecular complexity index is 1450. The molecule has 1 amide bonds. The normalized spacial score (nSPS) is 10.8. The average Bonchev–Trinajstić information content (AvgIpc) is 3.38. The zero-order valence-corrected chi connectivity index (χ0v) is 20.8. The van der Waals surface area contributed by atoms with E-state index in [1.54, 1.807) is 42.5 Å². The minimum atomic E-state index is -0.572. The third kappa shape index (κ3) is 5.32. The molecule has 192 valence electrons. The number of H-pyrrole nitrogens is 1. The SMILES string of the molecule is CCCCc1[nH]c(=O)c(-c2nnc(CNC(=O)c3ccccc3)o2)c(O)c1-c1cccc(OC)c1OC. The van der Waals surface area contributed by atoms with Gasteiger partial charge in [0.1, 0.15) is 11.3 Å². The number of rotatable bonds is 10. The zero-order valence-electron chi connectivity index (χ0n) is 20.8. The lowest BCUT2D eigenvalue weighted by atomic mass is 9.96. The number of pyridine rings is 1. The summed E-state index contributed by atoms with van der Waals surface area (Å²) < 4.78 is 16.7. The molecule has 0 saturated carbocycles. The Balaban J connectivity index is 1.73. The first kappa shape index (κ1) is 25.5. The van der Waals surface area contributed by atoms with Crippen LogP contribution in [0.25, 0.3) is 22.6 Å². The van der Waals surface area contributed by atoms with Gasteiger partial charge in [0.2, 0.25) is 5.89 Å². The van der Waals surface area contributed by atoms with Gasteiger partial charge in [-0.15, -0.1) is 10.2 Å². The Labute approximate surface area is 213 Å². The number of aryl methyl sites for hydroxylation is 1. The van der Waals surface area contributed by atoms with E-state index in [4.69, 9.17) is 13.9 Å². The zero-order chi connectivity index (χ0) is 26.4. The molecular weight excluding hydrogens is 476 g/mol. The number of aromatic hydroxyl groups is 1. The lowest BCUT2D eigenvalue weighted by molar-refractivity contribution is 0.0947. The summed E-state index contributed by atoms with van der Waals surface area (Å²) in [6, 6.07) is 14.0. The minimum Gasteiger partial charge on any atom is -0.506 e. The highest BCUT2D eigenvalue weighted by molar-refractivity contribution is 5.94. The van der Waals surface area contributed by atoms with Crippen LogP contribution in [-0.2, 0) is 13.0 Å². The van der Waals surface area contributed by atoms with Crippen molar-refractivity contribution >= 4 is 5.91 Å². The molecule has 4 aromatic rings. The summed E-state index contributed by atoms with van der Waals surface area (Å²) in [6.45, 7) is 1.99. The molecule has 2 aromatic carbocycles. The third-order valence-corrected chi connectivity index (χ3v) is 5.84. The number of carbonyl (C=O) groups is 1. The maximum absolute atomic E-state index is 13.1. The number of ether oxygens (including phenoxy) is 2. The Morgan fingerprint density at radius 3 is 2.54 bits per heavy atom. The molecule has 0 spiro atoms. The van der Waals surface area contributed by atoms with Crippen LogP contribution in [0.1, 0.15) is 41.7 Å². The van der Waals surface area contributed by atoms with Gasteiger partial charge in [-0.25, -0.2) is 0 Å². The van der Waals surface area contributed by atoms with Crippen LogP contribution in [0.15, 0.2) is 57.7 Å². The van der Waals surface area contributed by atoms with Crippen LogP contribution >= 0.6 is 0 Å². The van der Waals surface area contributed by atoms with E-state index in [-0.39, 0.29) is 35.5 Å². The molecule has 37 heavy (non-hydrogen) atoms. The number of aromatic nitrogens is 3. The average molecular weight is 505 g/mol. The minimum absolute atomic E-state index is 0.0510. The van der Waals surface area contributed by atoms with E-state index in [9.17, 15) is 14.7 Å². The molecule has 3 N–H and O–H groups in total. The van der Waals surface area contributed by atoms with E-state index in [0.29, 0.717) is 40.3 Å². The van der Waals surface area contributed by atoms with Crippen molar-refractivity contribution in [3.63, 3.8) is 0 Å². The summed E-state index contributed by atoms with van der Waals surface area (Å²) in [6.07, 6.45) is 2.21. The molecule has 0 aliphatic heterocycles. The fourth-order valence-corrected chi connectivity index (χ4v) is 4.02. The van der Waals surface area contributed by atoms with Gasteiger partial charge < -0.3 is 29.3 Å². The Kier molecular flexibility index (Phi) is 7.87. The molecule has 2 aromatic heterocycles. The topological polar surface area (TPSA) is 140 Å². The fraction of sp³-hybridized carbons (Fsp3) is 0.259. The lowest BCUT2D eigenvalue weighted by Crippen LogP contribution is -2.22.